The van der Waals surface area contributed by atoms with Crippen molar-refractivity contribution >= 4 is 22.8 Å². The van der Waals surface area contributed by atoms with Gasteiger partial charge in [-0.3, -0.25) is 9.59 Å². The Morgan fingerprint density at radius 2 is 2.38 bits per heavy atom. The van der Waals surface area contributed by atoms with Gasteiger partial charge in [0.25, 0.3) is 5.91 Å². The summed E-state index contributed by atoms with van der Waals surface area (Å²) in [6.45, 7) is 1.17. The summed E-state index contributed by atoms with van der Waals surface area (Å²) in [5.74, 6) is -0.376. The molecule has 2 aliphatic rings. The number of pyridine rings is 1. The number of carbonyl (C=O) groups is 2. The molecule has 4 rings (SSSR count). The number of aliphatic hydroxyl groups excluding tert-OH is 1. The molecule has 0 radical (unpaired) electrons. The molecule has 0 aliphatic carbocycles. The second-order valence-electron chi connectivity index (χ2n) is 6.43. The Kier molecular flexibility index (Phi) is 3.49. The van der Waals surface area contributed by atoms with Crippen LogP contribution in [0.4, 0.5) is 0 Å². The number of aliphatic hydroxyl groups is 1. The maximum absolute atomic E-state index is 12.9. The molecule has 1 spiro atoms. The molecule has 24 heavy (non-hydrogen) atoms. The fourth-order valence-electron chi connectivity index (χ4n) is 3.70. The number of piperidine rings is 2. The molecule has 0 unspecified atom stereocenters. The largest absolute Gasteiger partial charge is 0.392 e. The van der Waals surface area contributed by atoms with Crippen LogP contribution in [0.1, 0.15) is 29.8 Å². The third kappa shape index (κ3) is 2.17. The Balaban J connectivity index is 1.64. The molecular weight excluding hydrogens is 312 g/mol. The number of likely N-dealkylation sites (tertiary alicyclic amines) is 1. The van der Waals surface area contributed by atoms with Crippen LogP contribution < -0.4 is 5.32 Å². The maximum atomic E-state index is 12.9. The van der Waals surface area contributed by atoms with Gasteiger partial charge in [0.1, 0.15) is 0 Å². The minimum atomic E-state index is -0.930. The van der Waals surface area contributed by atoms with Gasteiger partial charge in [-0.15, -0.1) is 0 Å². The van der Waals surface area contributed by atoms with Crippen LogP contribution in [0, 0.1) is 5.41 Å². The zero-order valence-corrected chi connectivity index (χ0v) is 13.1. The molecular formula is C16H18N4O4. The maximum Gasteiger partial charge on any atom is 0.293 e. The Bertz CT molecular complexity index is 804. The highest BCUT2D eigenvalue weighted by Gasteiger charge is 2.51. The van der Waals surface area contributed by atoms with E-state index < -0.39 is 11.5 Å². The fraction of sp³-hybridized carbons (Fsp3) is 0.500. The van der Waals surface area contributed by atoms with Gasteiger partial charge in [0.2, 0.25) is 17.3 Å². The lowest BCUT2D eigenvalue weighted by atomic mass is 9.71. The first-order chi connectivity index (χ1) is 11.6. The van der Waals surface area contributed by atoms with Crippen molar-refractivity contribution in [3.63, 3.8) is 0 Å². The van der Waals surface area contributed by atoms with Gasteiger partial charge >= 0.3 is 0 Å². The molecule has 0 aromatic carbocycles. The summed E-state index contributed by atoms with van der Waals surface area (Å²) in [5.41, 5.74) is -0.553. The topological polar surface area (TPSA) is 109 Å². The SMILES string of the molecule is O=C(c1onc2ncccc12)N1CC[C@H](O)[C@@]2(CCCNC2=O)C1. The molecule has 4 heterocycles. The first kappa shape index (κ1) is 15.1. The lowest BCUT2D eigenvalue weighted by Gasteiger charge is -2.46. The summed E-state index contributed by atoms with van der Waals surface area (Å²) >= 11 is 0. The molecule has 2 fully saturated rings. The van der Waals surface area contributed by atoms with Gasteiger partial charge in [-0.1, -0.05) is 5.16 Å². The van der Waals surface area contributed by atoms with Crippen LogP contribution in [0.25, 0.3) is 11.0 Å². The number of rotatable bonds is 1. The van der Waals surface area contributed by atoms with Gasteiger partial charge < -0.3 is 19.8 Å². The van der Waals surface area contributed by atoms with E-state index in [0.717, 1.165) is 6.42 Å². The Labute approximate surface area is 137 Å². The number of fused-ring (bicyclic) bond motifs is 1. The standard InChI is InChI=1S/C16H18N4O4/c21-11-4-8-20(9-16(11)5-2-7-18-15(16)23)14(22)12-10-3-1-6-17-13(10)19-24-12/h1,3,6,11,21H,2,4-5,7-9H2,(H,18,23)/t11-,16+/m0/s1. The van der Waals surface area contributed by atoms with E-state index in [4.69, 9.17) is 4.52 Å². The third-order valence-electron chi connectivity index (χ3n) is 5.06. The van der Waals surface area contributed by atoms with Gasteiger partial charge in [-0.05, 0) is 31.4 Å². The average molecular weight is 330 g/mol. The van der Waals surface area contributed by atoms with Crippen LogP contribution >= 0.6 is 0 Å². The zero-order chi connectivity index (χ0) is 16.7. The van der Waals surface area contributed by atoms with E-state index in [1.165, 1.54) is 0 Å². The third-order valence-corrected chi connectivity index (χ3v) is 5.06. The van der Waals surface area contributed by atoms with Crippen LogP contribution in [0.3, 0.4) is 0 Å². The van der Waals surface area contributed by atoms with E-state index in [-0.39, 0.29) is 24.1 Å². The molecule has 8 nitrogen and oxygen atoms in total. The highest BCUT2D eigenvalue weighted by molar-refractivity contribution is 6.03. The first-order valence-electron chi connectivity index (χ1n) is 8.08. The van der Waals surface area contributed by atoms with Crippen molar-refractivity contribution < 1.29 is 19.2 Å². The molecule has 8 heteroatoms. The highest BCUT2D eigenvalue weighted by atomic mass is 16.5. The fourth-order valence-corrected chi connectivity index (χ4v) is 3.70. The molecule has 2 amide bonds. The Morgan fingerprint density at radius 1 is 1.50 bits per heavy atom. The van der Waals surface area contributed by atoms with Crippen molar-refractivity contribution in [2.75, 3.05) is 19.6 Å². The monoisotopic (exact) mass is 330 g/mol. The minimum absolute atomic E-state index is 0.126. The molecule has 2 saturated heterocycles. The summed E-state index contributed by atoms with van der Waals surface area (Å²) in [7, 11) is 0. The number of carbonyl (C=O) groups excluding carboxylic acids is 2. The quantitative estimate of drug-likeness (QED) is 0.780. The van der Waals surface area contributed by atoms with Gasteiger partial charge in [-0.25, -0.2) is 4.98 Å². The smallest absolute Gasteiger partial charge is 0.293 e. The average Bonchev–Trinajstić information content (AvgIpc) is 3.03. The molecule has 2 aromatic rings. The van der Waals surface area contributed by atoms with Crippen molar-refractivity contribution in [2.24, 2.45) is 5.41 Å². The van der Waals surface area contributed by atoms with E-state index in [1.807, 2.05) is 0 Å². The van der Waals surface area contributed by atoms with Crippen LogP contribution in [0.15, 0.2) is 22.9 Å². The van der Waals surface area contributed by atoms with Crippen LogP contribution in [0.5, 0.6) is 0 Å². The number of hydrogen-bond donors (Lipinski definition) is 2. The van der Waals surface area contributed by atoms with E-state index >= 15 is 0 Å². The molecule has 2 N–H and O–H groups in total. The van der Waals surface area contributed by atoms with Crippen molar-refractivity contribution in [3.8, 4) is 0 Å². The van der Waals surface area contributed by atoms with Crippen molar-refractivity contribution in [3.05, 3.63) is 24.1 Å². The predicted molar refractivity (Wildman–Crippen MR) is 83.0 cm³/mol. The number of nitrogens with one attached hydrogen (secondary N) is 1. The highest BCUT2D eigenvalue weighted by Crippen LogP contribution is 2.38. The number of hydrogen-bond acceptors (Lipinski definition) is 6. The number of amides is 2. The predicted octanol–water partition coefficient (Wildman–Crippen LogP) is 0.326. The minimum Gasteiger partial charge on any atom is -0.392 e. The molecule has 2 aromatic heterocycles. The number of aromatic nitrogens is 2. The Hall–Kier alpha value is -2.48. The second-order valence-corrected chi connectivity index (χ2v) is 6.43. The van der Waals surface area contributed by atoms with Gasteiger partial charge in [0.15, 0.2) is 0 Å². The summed E-state index contributed by atoms with van der Waals surface area (Å²) in [6.07, 6.45) is 2.57. The van der Waals surface area contributed by atoms with Crippen LogP contribution in [0.2, 0.25) is 0 Å². The summed E-state index contributed by atoms with van der Waals surface area (Å²) in [6, 6.07) is 3.44. The van der Waals surface area contributed by atoms with Crippen LogP contribution in [-0.4, -0.2) is 57.7 Å². The van der Waals surface area contributed by atoms with Crippen LogP contribution in [-0.2, 0) is 4.79 Å². The molecule has 2 aliphatic heterocycles. The lowest BCUT2D eigenvalue weighted by molar-refractivity contribution is -0.147. The Morgan fingerprint density at radius 3 is 3.21 bits per heavy atom. The molecule has 126 valence electrons. The lowest BCUT2D eigenvalue weighted by Crippen LogP contribution is -2.62. The normalized spacial score (nSPS) is 27.5. The van der Waals surface area contributed by atoms with E-state index in [1.54, 1.807) is 23.2 Å². The molecule has 0 bridgehead atoms. The van der Waals surface area contributed by atoms with E-state index in [0.29, 0.717) is 37.0 Å². The van der Waals surface area contributed by atoms with Crippen molar-refractivity contribution in [2.45, 2.75) is 25.4 Å². The van der Waals surface area contributed by atoms with E-state index in [2.05, 4.69) is 15.5 Å². The van der Waals surface area contributed by atoms with Gasteiger partial charge in [0.05, 0.1) is 16.9 Å². The van der Waals surface area contributed by atoms with Gasteiger partial charge in [0, 0.05) is 25.8 Å². The summed E-state index contributed by atoms with van der Waals surface area (Å²) in [4.78, 5) is 30.9. The van der Waals surface area contributed by atoms with Gasteiger partial charge in [-0.2, -0.15) is 0 Å². The zero-order valence-electron chi connectivity index (χ0n) is 13.1. The summed E-state index contributed by atoms with van der Waals surface area (Å²) < 4.78 is 5.19. The van der Waals surface area contributed by atoms with E-state index in [9.17, 15) is 14.7 Å². The van der Waals surface area contributed by atoms with Crippen molar-refractivity contribution in [1.29, 1.82) is 0 Å². The molecule has 0 saturated carbocycles. The molecule has 2 atom stereocenters. The first-order valence-corrected chi connectivity index (χ1v) is 8.08. The summed E-state index contributed by atoms with van der Waals surface area (Å²) in [5, 5.41) is 17.6. The second kappa shape index (κ2) is 5.55. The number of nitrogens with zero attached hydrogens (tertiary/aromatic N) is 3. The van der Waals surface area contributed by atoms with Crippen molar-refractivity contribution in [1.82, 2.24) is 20.4 Å².